The number of methoxy groups -OCH3 is 1. The third kappa shape index (κ3) is 4.31. The zero-order valence-electron chi connectivity index (χ0n) is 14.3. The van der Waals surface area contributed by atoms with E-state index in [2.05, 4.69) is 10.2 Å². The zero-order valence-corrected chi connectivity index (χ0v) is 15.1. The Kier molecular flexibility index (Phi) is 5.78. The van der Waals surface area contributed by atoms with Crippen LogP contribution in [-0.2, 0) is 14.3 Å². The standard InChI is InChI=1S/C16H24N2O4S/c1-9-6-18(7-10(2)22-9)8-13(19)17-15-14(16(20)21-5)11(3)12(4)23-15/h9-10H,6-8H2,1-5H3,(H,17,19)/t9-,10-/m0/s1. The van der Waals surface area contributed by atoms with E-state index < -0.39 is 5.97 Å². The minimum absolute atomic E-state index is 0.114. The van der Waals surface area contributed by atoms with Gasteiger partial charge in [-0.1, -0.05) is 0 Å². The molecule has 0 radical (unpaired) electrons. The molecule has 2 rings (SSSR count). The highest BCUT2D eigenvalue weighted by Crippen LogP contribution is 2.32. The van der Waals surface area contributed by atoms with Gasteiger partial charge in [-0.3, -0.25) is 9.69 Å². The van der Waals surface area contributed by atoms with E-state index in [1.54, 1.807) is 0 Å². The number of amides is 1. The highest BCUT2D eigenvalue weighted by molar-refractivity contribution is 7.16. The van der Waals surface area contributed by atoms with Gasteiger partial charge in [0.05, 0.1) is 31.4 Å². The molecule has 128 valence electrons. The van der Waals surface area contributed by atoms with Crippen LogP contribution in [0.5, 0.6) is 0 Å². The number of morpholine rings is 1. The summed E-state index contributed by atoms with van der Waals surface area (Å²) < 4.78 is 10.5. The van der Waals surface area contributed by atoms with Gasteiger partial charge >= 0.3 is 5.97 Å². The number of ether oxygens (including phenoxy) is 2. The van der Waals surface area contributed by atoms with Gasteiger partial charge in [0.2, 0.25) is 5.91 Å². The van der Waals surface area contributed by atoms with Crippen molar-refractivity contribution in [2.45, 2.75) is 39.9 Å². The van der Waals surface area contributed by atoms with Crippen molar-refractivity contribution in [3.05, 3.63) is 16.0 Å². The molecule has 1 aromatic heterocycles. The number of nitrogens with zero attached hydrogens (tertiary/aromatic N) is 1. The van der Waals surface area contributed by atoms with E-state index in [9.17, 15) is 9.59 Å². The van der Waals surface area contributed by atoms with Crippen LogP contribution >= 0.6 is 11.3 Å². The second-order valence-corrected chi connectivity index (χ2v) is 7.20. The summed E-state index contributed by atoms with van der Waals surface area (Å²) in [6, 6.07) is 0. The monoisotopic (exact) mass is 340 g/mol. The van der Waals surface area contributed by atoms with Crippen LogP contribution in [0.3, 0.4) is 0 Å². The maximum absolute atomic E-state index is 12.3. The van der Waals surface area contributed by atoms with Crippen LogP contribution in [0.4, 0.5) is 5.00 Å². The van der Waals surface area contributed by atoms with Crippen molar-refractivity contribution in [3.8, 4) is 0 Å². The first-order valence-corrected chi connectivity index (χ1v) is 8.49. The van der Waals surface area contributed by atoms with Crippen molar-refractivity contribution in [3.63, 3.8) is 0 Å². The van der Waals surface area contributed by atoms with Gasteiger partial charge in [-0.15, -0.1) is 11.3 Å². The molecule has 0 spiro atoms. The molecule has 0 aliphatic carbocycles. The number of nitrogens with one attached hydrogen (secondary N) is 1. The Morgan fingerprint density at radius 2 is 1.91 bits per heavy atom. The molecule has 0 bridgehead atoms. The third-order valence-corrected chi connectivity index (χ3v) is 5.01. The number of aryl methyl sites for hydroxylation is 1. The topological polar surface area (TPSA) is 67.9 Å². The fraction of sp³-hybridized carbons (Fsp3) is 0.625. The lowest BCUT2D eigenvalue weighted by Gasteiger charge is -2.34. The summed E-state index contributed by atoms with van der Waals surface area (Å²) in [5, 5.41) is 3.42. The molecule has 0 saturated carbocycles. The molecule has 1 aromatic rings. The predicted molar refractivity (Wildman–Crippen MR) is 90.2 cm³/mol. The van der Waals surface area contributed by atoms with Gasteiger partial charge in [-0.2, -0.15) is 0 Å². The molecule has 1 amide bonds. The molecular formula is C16H24N2O4S. The fourth-order valence-electron chi connectivity index (χ4n) is 2.85. The average Bonchev–Trinajstić information content (AvgIpc) is 2.71. The summed E-state index contributed by atoms with van der Waals surface area (Å²) >= 11 is 1.40. The SMILES string of the molecule is COC(=O)c1c(NC(=O)CN2C[C@H](C)O[C@@H](C)C2)sc(C)c1C. The summed E-state index contributed by atoms with van der Waals surface area (Å²) in [6.45, 7) is 9.53. The Balaban J connectivity index is 2.06. The number of hydrogen-bond donors (Lipinski definition) is 1. The van der Waals surface area contributed by atoms with Gasteiger partial charge in [-0.05, 0) is 33.3 Å². The molecule has 1 aliphatic rings. The summed E-state index contributed by atoms with van der Waals surface area (Å²) in [4.78, 5) is 27.3. The molecule has 2 atom stereocenters. The van der Waals surface area contributed by atoms with Crippen molar-refractivity contribution >= 4 is 28.2 Å². The number of anilines is 1. The Morgan fingerprint density at radius 1 is 1.30 bits per heavy atom. The van der Waals surface area contributed by atoms with Crippen LogP contribution in [0.2, 0.25) is 0 Å². The van der Waals surface area contributed by atoms with Gasteiger partial charge in [0, 0.05) is 18.0 Å². The smallest absolute Gasteiger partial charge is 0.341 e. The zero-order chi connectivity index (χ0) is 17.1. The van der Waals surface area contributed by atoms with Gasteiger partial charge in [-0.25, -0.2) is 4.79 Å². The number of carbonyl (C=O) groups is 2. The number of esters is 1. The first kappa shape index (κ1) is 17.9. The molecule has 0 unspecified atom stereocenters. The summed E-state index contributed by atoms with van der Waals surface area (Å²) in [7, 11) is 1.34. The minimum Gasteiger partial charge on any atom is -0.465 e. The molecule has 0 aromatic carbocycles. The van der Waals surface area contributed by atoms with Crippen LogP contribution in [0.15, 0.2) is 0 Å². The van der Waals surface area contributed by atoms with E-state index in [0.717, 1.165) is 23.5 Å². The van der Waals surface area contributed by atoms with Crippen LogP contribution in [0, 0.1) is 13.8 Å². The van der Waals surface area contributed by atoms with Crippen molar-refractivity contribution in [1.29, 1.82) is 0 Å². The molecule has 1 N–H and O–H groups in total. The normalized spacial score (nSPS) is 22.0. The summed E-state index contributed by atoms with van der Waals surface area (Å²) in [5.74, 6) is -0.548. The Hall–Kier alpha value is -1.44. The van der Waals surface area contributed by atoms with Crippen LogP contribution < -0.4 is 5.32 Å². The van der Waals surface area contributed by atoms with Gasteiger partial charge in [0.15, 0.2) is 0 Å². The van der Waals surface area contributed by atoms with E-state index in [1.807, 2.05) is 27.7 Å². The molecule has 1 aliphatic heterocycles. The number of hydrogen-bond acceptors (Lipinski definition) is 6. The van der Waals surface area contributed by atoms with Crippen molar-refractivity contribution in [1.82, 2.24) is 4.90 Å². The largest absolute Gasteiger partial charge is 0.465 e. The second-order valence-electron chi connectivity index (χ2n) is 5.98. The Labute approximate surface area is 140 Å². The summed E-state index contributed by atoms with van der Waals surface area (Å²) in [5.41, 5.74) is 1.30. The molecule has 1 saturated heterocycles. The lowest BCUT2D eigenvalue weighted by Crippen LogP contribution is -2.48. The van der Waals surface area contributed by atoms with Gasteiger partial charge in [0.25, 0.3) is 0 Å². The molecule has 6 nitrogen and oxygen atoms in total. The first-order valence-electron chi connectivity index (χ1n) is 7.67. The number of thiophene rings is 1. The summed E-state index contributed by atoms with van der Waals surface area (Å²) in [6.07, 6.45) is 0.229. The van der Waals surface area contributed by atoms with Crippen molar-refractivity contribution < 1.29 is 19.1 Å². The molecular weight excluding hydrogens is 316 g/mol. The van der Waals surface area contributed by atoms with Crippen LogP contribution in [0.1, 0.15) is 34.6 Å². The molecule has 2 heterocycles. The molecule has 23 heavy (non-hydrogen) atoms. The molecule has 1 fully saturated rings. The van der Waals surface area contributed by atoms with Gasteiger partial charge < -0.3 is 14.8 Å². The molecule has 7 heteroatoms. The van der Waals surface area contributed by atoms with E-state index in [1.165, 1.54) is 18.4 Å². The average molecular weight is 340 g/mol. The highest BCUT2D eigenvalue weighted by Gasteiger charge is 2.25. The first-order chi connectivity index (χ1) is 10.8. The van der Waals surface area contributed by atoms with E-state index in [-0.39, 0.29) is 24.7 Å². The maximum Gasteiger partial charge on any atom is 0.341 e. The highest BCUT2D eigenvalue weighted by atomic mass is 32.1. The minimum atomic E-state index is -0.421. The van der Waals surface area contributed by atoms with Crippen molar-refractivity contribution in [2.24, 2.45) is 0 Å². The second kappa shape index (κ2) is 7.42. The lowest BCUT2D eigenvalue weighted by molar-refractivity contribution is -0.121. The number of rotatable bonds is 4. The Bertz CT molecular complexity index is 589. The number of carbonyl (C=O) groups excluding carboxylic acids is 2. The Morgan fingerprint density at radius 3 is 2.48 bits per heavy atom. The fourth-order valence-corrected chi connectivity index (χ4v) is 3.91. The van der Waals surface area contributed by atoms with Gasteiger partial charge in [0.1, 0.15) is 5.00 Å². The van der Waals surface area contributed by atoms with E-state index >= 15 is 0 Å². The third-order valence-electron chi connectivity index (χ3n) is 3.89. The quantitative estimate of drug-likeness (QED) is 0.851. The lowest BCUT2D eigenvalue weighted by atomic mass is 10.1. The van der Waals surface area contributed by atoms with Crippen LogP contribution in [0.25, 0.3) is 0 Å². The van der Waals surface area contributed by atoms with Crippen LogP contribution in [-0.4, -0.2) is 55.7 Å². The maximum atomic E-state index is 12.3. The van der Waals surface area contributed by atoms with E-state index in [4.69, 9.17) is 9.47 Å². The predicted octanol–water partition coefficient (Wildman–Crippen LogP) is 2.20. The van der Waals surface area contributed by atoms with Crippen molar-refractivity contribution in [2.75, 3.05) is 32.1 Å². The van der Waals surface area contributed by atoms with E-state index in [0.29, 0.717) is 10.6 Å².